The molecular formula is C25H29ClN4O. The molecule has 0 aliphatic carbocycles. The van der Waals surface area contributed by atoms with Crippen molar-refractivity contribution in [1.29, 1.82) is 0 Å². The zero-order chi connectivity index (χ0) is 21.4. The number of piperazine rings is 1. The van der Waals surface area contributed by atoms with Crippen LogP contribution in [0, 0.1) is 0 Å². The van der Waals surface area contributed by atoms with E-state index < -0.39 is 0 Å². The Balaban J connectivity index is 1.17. The minimum atomic E-state index is 0.157. The number of rotatable bonds is 5. The van der Waals surface area contributed by atoms with Gasteiger partial charge in [0, 0.05) is 67.9 Å². The average Bonchev–Trinajstić information content (AvgIpc) is 3.08. The third-order valence-corrected chi connectivity index (χ3v) is 7.02. The summed E-state index contributed by atoms with van der Waals surface area (Å²) in [5.41, 5.74) is 4.38. The van der Waals surface area contributed by atoms with Crippen LogP contribution in [-0.4, -0.2) is 66.1 Å². The number of anilines is 1. The third-order valence-electron chi connectivity index (χ3n) is 6.78. The maximum Gasteiger partial charge on any atom is 0.270 e. The van der Waals surface area contributed by atoms with E-state index in [1.54, 1.807) is 0 Å². The Labute approximate surface area is 188 Å². The molecule has 1 saturated heterocycles. The number of carbonyl (C=O) groups excluding carboxylic acids is 1. The molecule has 6 heteroatoms. The largest absolute Gasteiger partial charge is 0.369 e. The van der Waals surface area contributed by atoms with E-state index in [2.05, 4.69) is 40.1 Å². The minimum absolute atomic E-state index is 0.157. The van der Waals surface area contributed by atoms with Crippen LogP contribution >= 0.6 is 11.6 Å². The van der Waals surface area contributed by atoms with Crippen LogP contribution in [0.15, 0.2) is 48.5 Å². The van der Waals surface area contributed by atoms with Gasteiger partial charge in [-0.3, -0.25) is 9.69 Å². The fraction of sp³-hybridized carbons (Fsp3) is 0.400. The number of halogens is 1. The van der Waals surface area contributed by atoms with Gasteiger partial charge in [0.05, 0.1) is 0 Å². The fourth-order valence-electron chi connectivity index (χ4n) is 5.08. The zero-order valence-electron chi connectivity index (χ0n) is 18.1. The van der Waals surface area contributed by atoms with Crippen LogP contribution in [0.25, 0.3) is 10.9 Å². The highest BCUT2D eigenvalue weighted by Crippen LogP contribution is 2.31. The Morgan fingerprint density at radius 1 is 0.935 bits per heavy atom. The molecule has 0 N–H and O–H groups in total. The number of carbonyl (C=O) groups is 1. The van der Waals surface area contributed by atoms with Crippen molar-refractivity contribution in [3.8, 4) is 0 Å². The zero-order valence-corrected chi connectivity index (χ0v) is 18.8. The quantitative estimate of drug-likeness (QED) is 0.605. The van der Waals surface area contributed by atoms with Gasteiger partial charge in [0.1, 0.15) is 5.69 Å². The summed E-state index contributed by atoms with van der Waals surface area (Å²) in [5, 5.41) is 1.84. The summed E-state index contributed by atoms with van der Waals surface area (Å²) in [6.45, 7) is 6.94. The van der Waals surface area contributed by atoms with Crippen molar-refractivity contribution in [2.24, 2.45) is 7.05 Å². The van der Waals surface area contributed by atoms with Gasteiger partial charge in [-0.2, -0.15) is 0 Å². The minimum Gasteiger partial charge on any atom is -0.369 e. The summed E-state index contributed by atoms with van der Waals surface area (Å²) >= 11 is 6.21. The maximum absolute atomic E-state index is 13.2. The van der Waals surface area contributed by atoms with Gasteiger partial charge in [0.2, 0.25) is 0 Å². The molecule has 2 aliphatic rings. The van der Waals surface area contributed by atoms with Crippen molar-refractivity contribution < 1.29 is 4.79 Å². The van der Waals surface area contributed by atoms with Crippen LogP contribution in [0.5, 0.6) is 0 Å². The standard InChI is InChI=1S/C25H29ClN4O/c1-27-23-9-8-19(26)18-22(23)21-10-13-30(25(31)24(21)27)12-5-11-28-14-16-29(17-15-28)20-6-3-2-4-7-20/h2-4,6-9,18H,5,10-17H2,1H3. The van der Waals surface area contributed by atoms with E-state index in [1.807, 2.05) is 34.7 Å². The molecule has 3 heterocycles. The third kappa shape index (κ3) is 3.92. The molecule has 5 nitrogen and oxygen atoms in total. The summed E-state index contributed by atoms with van der Waals surface area (Å²) in [7, 11) is 1.99. The maximum atomic E-state index is 13.2. The van der Waals surface area contributed by atoms with Gasteiger partial charge in [-0.1, -0.05) is 29.8 Å². The summed E-state index contributed by atoms with van der Waals surface area (Å²) in [4.78, 5) is 20.2. The van der Waals surface area contributed by atoms with Crippen molar-refractivity contribution in [2.75, 3.05) is 50.7 Å². The van der Waals surface area contributed by atoms with E-state index in [0.717, 1.165) is 85.8 Å². The molecule has 0 unspecified atom stereocenters. The van der Waals surface area contributed by atoms with E-state index in [-0.39, 0.29) is 5.91 Å². The molecule has 1 aromatic heterocycles. The predicted molar refractivity (Wildman–Crippen MR) is 127 cm³/mol. The molecule has 31 heavy (non-hydrogen) atoms. The predicted octanol–water partition coefficient (Wildman–Crippen LogP) is 4.04. The molecule has 0 spiro atoms. The molecular weight excluding hydrogens is 408 g/mol. The number of fused-ring (bicyclic) bond motifs is 3. The molecule has 5 rings (SSSR count). The van der Waals surface area contributed by atoms with Crippen LogP contribution in [-0.2, 0) is 13.5 Å². The van der Waals surface area contributed by atoms with Gasteiger partial charge in [-0.15, -0.1) is 0 Å². The lowest BCUT2D eigenvalue weighted by atomic mass is 10.0. The second-order valence-electron chi connectivity index (χ2n) is 8.61. The van der Waals surface area contributed by atoms with Gasteiger partial charge in [0.15, 0.2) is 0 Å². The van der Waals surface area contributed by atoms with Crippen LogP contribution in [0.2, 0.25) is 5.02 Å². The normalized spacial score (nSPS) is 17.4. The number of hydrogen-bond donors (Lipinski definition) is 0. The van der Waals surface area contributed by atoms with Crippen molar-refractivity contribution in [1.82, 2.24) is 14.4 Å². The van der Waals surface area contributed by atoms with E-state index in [1.165, 1.54) is 5.69 Å². The van der Waals surface area contributed by atoms with Crippen LogP contribution in [0.4, 0.5) is 5.69 Å². The SMILES string of the molecule is Cn1c2c(c3cc(Cl)ccc31)CCN(CCCN1CCN(c3ccccc3)CC1)C2=O. The van der Waals surface area contributed by atoms with Gasteiger partial charge in [-0.05, 0) is 55.3 Å². The highest BCUT2D eigenvalue weighted by atomic mass is 35.5. The van der Waals surface area contributed by atoms with Crippen LogP contribution in [0.3, 0.4) is 0 Å². The topological polar surface area (TPSA) is 31.7 Å². The summed E-state index contributed by atoms with van der Waals surface area (Å²) in [5.74, 6) is 0.157. The molecule has 0 bridgehead atoms. The van der Waals surface area contributed by atoms with Crippen LogP contribution < -0.4 is 4.90 Å². The molecule has 3 aromatic rings. The van der Waals surface area contributed by atoms with E-state index in [9.17, 15) is 4.79 Å². The molecule has 1 fully saturated rings. The van der Waals surface area contributed by atoms with Gasteiger partial charge < -0.3 is 14.4 Å². The lowest BCUT2D eigenvalue weighted by Crippen LogP contribution is -2.47. The number of aryl methyl sites for hydroxylation is 1. The number of aromatic nitrogens is 1. The Kier molecular flexibility index (Phi) is 5.63. The Hall–Kier alpha value is -2.50. The Morgan fingerprint density at radius 2 is 1.71 bits per heavy atom. The van der Waals surface area contributed by atoms with E-state index >= 15 is 0 Å². The van der Waals surface area contributed by atoms with E-state index in [0.29, 0.717) is 0 Å². The Bertz CT molecular complexity index is 1090. The molecule has 2 aromatic carbocycles. The molecule has 0 saturated carbocycles. The lowest BCUT2D eigenvalue weighted by Gasteiger charge is -2.36. The average molecular weight is 437 g/mol. The number of para-hydroxylation sites is 1. The summed E-state index contributed by atoms with van der Waals surface area (Å²) in [6, 6.07) is 16.6. The monoisotopic (exact) mass is 436 g/mol. The highest BCUT2D eigenvalue weighted by Gasteiger charge is 2.30. The lowest BCUT2D eigenvalue weighted by molar-refractivity contribution is 0.0721. The molecule has 1 amide bonds. The summed E-state index contributed by atoms with van der Waals surface area (Å²) < 4.78 is 2.04. The first-order valence-electron chi connectivity index (χ1n) is 11.2. The number of hydrogen-bond acceptors (Lipinski definition) is 3. The highest BCUT2D eigenvalue weighted by molar-refractivity contribution is 6.31. The van der Waals surface area contributed by atoms with Gasteiger partial charge >= 0.3 is 0 Å². The fourth-order valence-corrected chi connectivity index (χ4v) is 5.26. The number of nitrogens with zero attached hydrogens (tertiary/aromatic N) is 4. The number of benzene rings is 2. The molecule has 0 atom stereocenters. The smallest absolute Gasteiger partial charge is 0.270 e. The first-order chi connectivity index (χ1) is 15.1. The second kappa shape index (κ2) is 8.56. The molecule has 162 valence electrons. The van der Waals surface area contributed by atoms with Crippen molar-refractivity contribution >= 4 is 34.1 Å². The Morgan fingerprint density at radius 3 is 2.48 bits per heavy atom. The molecule has 0 radical (unpaired) electrons. The molecule has 2 aliphatic heterocycles. The van der Waals surface area contributed by atoms with Gasteiger partial charge in [0.25, 0.3) is 5.91 Å². The van der Waals surface area contributed by atoms with Crippen molar-refractivity contribution in [3.63, 3.8) is 0 Å². The number of amides is 1. The van der Waals surface area contributed by atoms with Crippen molar-refractivity contribution in [2.45, 2.75) is 12.8 Å². The van der Waals surface area contributed by atoms with Crippen LogP contribution in [0.1, 0.15) is 22.5 Å². The first-order valence-corrected chi connectivity index (χ1v) is 11.6. The van der Waals surface area contributed by atoms with Gasteiger partial charge in [-0.25, -0.2) is 0 Å². The first kappa shape index (κ1) is 20.4. The second-order valence-corrected chi connectivity index (χ2v) is 9.04. The summed E-state index contributed by atoms with van der Waals surface area (Å²) in [6.07, 6.45) is 1.91. The van der Waals surface area contributed by atoms with E-state index in [4.69, 9.17) is 11.6 Å². The van der Waals surface area contributed by atoms with Crippen molar-refractivity contribution in [3.05, 3.63) is 64.8 Å².